The molecular formula is C15H26N2O. The van der Waals surface area contributed by atoms with Crippen LogP contribution in [0.4, 0.5) is 0 Å². The van der Waals surface area contributed by atoms with E-state index in [0.29, 0.717) is 18.0 Å². The number of hydrogen-bond donors (Lipinski definition) is 1. The van der Waals surface area contributed by atoms with Crippen molar-refractivity contribution in [3.63, 3.8) is 0 Å². The van der Waals surface area contributed by atoms with Crippen molar-refractivity contribution in [1.29, 1.82) is 0 Å². The van der Waals surface area contributed by atoms with Crippen LogP contribution < -0.4 is 5.73 Å². The SMILES string of the molecule is Cc1cc(C(C)N2CCCC(C(C)N)C2)c(C)o1. The molecule has 0 amide bonds. The van der Waals surface area contributed by atoms with Gasteiger partial charge in [0, 0.05) is 24.2 Å². The van der Waals surface area contributed by atoms with E-state index < -0.39 is 0 Å². The normalized spacial score (nSPS) is 25.1. The maximum atomic E-state index is 6.06. The first-order chi connectivity index (χ1) is 8.49. The molecular weight excluding hydrogens is 224 g/mol. The summed E-state index contributed by atoms with van der Waals surface area (Å²) < 4.78 is 5.65. The Morgan fingerprint density at radius 1 is 1.39 bits per heavy atom. The van der Waals surface area contributed by atoms with Gasteiger partial charge in [0.05, 0.1) is 0 Å². The molecule has 0 radical (unpaired) electrons. The summed E-state index contributed by atoms with van der Waals surface area (Å²) in [6, 6.07) is 2.91. The summed E-state index contributed by atoms with van der Waals surface area (Å²) >= 11 is 0. The fourth-order valence-electron chi connectivity index (χ4n) is 3.08. The zero-order chi connectivity index (χ0) is 13.3. The van der Waals surface area contributed by atoms with E-state index in [1.54, 1.807) is 0 Å². The zero-order valence-electron chi connectivity index (χ0n) is 12.1. The highest BCUT2D eigenvalue weighted by Crippen LogP contribution is 2.30. The molecule has 18 heavy (non-hydrogen) atoms. The van der Waals surface area contributed by atoms with Crippen LogP contribution in [-0.4, -0.2) is 24.0 Å². The van der Waals surface area contributed by atoms with Gasteiger partial charge < -0.3 is 10.2 Å². The molecule has 0 aromatic carbocycles. The van der Waals surface area contributed by atoms with E-state index >= 15 is 0 Å². The van der Waals surface area contributed by atoms with Crippen LogP contribution in [0.25, 0.3) is 0 Å². The molecule has 1 fully saturated rings. The molecule has 3 heteroatoms. The fraction of sp³-hybridized carbons (Fsp3) is 0.733. The standard InChI is InChI=1S/C15H26N2O/c1-10-8-15(13(4)18-10)12(3)17-7-5-6-14(9-17)11(2)16/h8,11-12,14H,5-7,9,16H2,1-4H3. The highest BCUT2D eigenvalue weighted by molar-refractivity contribution is 5.23. The van der Waals surface area contributed by atoms with Crippen molar-refractivity contribution in [1.82, 2.24) is 4.90 Å². The van der Waals surface area contributed by atoms with Crippen molar-refractivity contribution in [3.8, 4) is 0 Å². The van der Waals surface area contributed by atoms with Crippen LogP contribution in [-0.2, 0) is 0 Å². The van der Waals surface area contributed by atoms with Gasteiger partial charge in [-0.1, -0.05) is 0 Å². The third kappa shape index (κ3) is 2.78. The molecule has 1 saturated heterocycles. The second kappa shape index (κ2) is 5.45. The van der Waals surface area contributed by atoms with Gasteiger partial charge >= 0.3 is 0 Å². The summed E-state index contributed by atoms with van der Waals surface area (Å²) in [6.45, 7) is 10.8. The molecule has 102 valence electrons. The lowest BCUT2D eigenvalue weighted by Gasteiger charge is -2.38. The lowest BCUT2D eigenvalue weighted by Crippen LogP contribution is -2.43. The summed E-state index contributed by atoms with van der Waals surface area (Å²) in [5.74, 6) is 2.70. The molecule has 3 atom stereocenters. The van der Waals surface area contributed by atoms with Crippen molar-refractivity contribution < 1.29 is 4.42 Å². The third-order valence-electron chi connectivity index (χ3n) is 4.31. The highest BCUT2D eigenvalue weighted by Gasteiger charge is 2.27. The molecule has 0 aliphatic carbocycles. The van der Waals surface area contributed by atoms with Crippen LogP contribution in [0.1, 0.15) is 49.8 Å². The van der Waals surface area contributed by atoms with Crippen LogP contribution in [0.3, 0.4) is 0 Å². The van der Waals surface area contributed by atoms with Crippen LogP contribution in [0, 0.1) is 19.8 Å². The monoisotopic (exact) mass is 250 g/mol. The van der Waals surface area contributed by atoms with Crippen molar-refractivity contribution in [2.75, 3.05) is 13.1 Å². The van der Waals surface area contributed by atoms with Gasteiger partial charge in [0.2, 0.25) is 0 Å². The first kappa shape index (κ1) is 13.6. The lowest BCUT2D eigenvalue weighted by atomic mass is 9.90. The fourth-order valence-corrected chi connectivity index (χ4v) is 3.08. The Labute approximate surface area is 110 Å². The molecule has 3 unspecified atom stereocenters. The molecule has 3 nitrogen and oxygen atoms in total. The molecule has 2 rings (SSSR count). The molecule has 2 heterocycles. The van der Waals surface area contributed by atoms with E-state index in [0.717, 1.165) is 18.1 Å². The number of aryl methyl sites for hydroxylation is 2. The second-order valence-corrected chi connectivity index (χ2v) is 5.80. The maximum absolute atomic E-state index is 6.06. The van der Waals surface area contributed by atoms with Gasteiger partial charge in [0.1, 0.15) is 11.5 Å². The first-order valence-electron chi connectivity index (χ1n) is 7.05. The van der Waals surface area contributed by atoms with Gasteiger partial charge in [-0.2, -0.15) is 0 Å². The topological polar surface area (TPSA) is 42.4 Å². The van der Waals surface area contributed by atoms with Gasteiger partial charge in [-0.3, -0.25) is 4.90 Å². The molecule has 0 saturated carbocycles. The van der Waals surface area contributed by atoms with Gasteiger partial charge in [-0.25, -0.2) is 0 Å². The van der Waals surface area contributed by atoms with E-state index in [2.05, 4.69) is 31.7 Å². The Morgan fingerprint density at radius 2 is 2.11 bits per heavy atom. The average molecular weight is 250 g/mol. The van der Waals surface area contributed by atoms with E-state index in [4.69, 9.17) is 10.2 Å². The third-order valence-corrected chi connectivity index (χ3v) is 4.31. The Morgan fingerprint density at radius 3 is 2.67 bits per heavy atom. The lowest BCUT2D eigenvalue weighted by molar-refractivity contribution is 0.121. The van der Waals surface area contributed by atoms with E-state index in [-0.39, 0.29) is 0 Å². The Kier molecular flexibility index (Phi) is 4.13. The minimum absolute atomic E-state index is 0.298. The number of rotatable bonds is 3. The minimum Gasteiger partial charge on any atom is -0.466 e. The van der Waals surface area contributed by atoms with E-state index in [9.17, 15) is 0 Å². The largest absolute Gasteiger partial charge is 0.466 e. The number of nitrogens with zero attached hydrogens (tertiary/aromatic N) is 1. The average Bonchev–Trinajstić information content (AvgIpc) is 2.67. The number of furan rings is 1. The number of likely N-dealkylation sites (tertiary alicyclic amines) is 1. The van der Waals surface area contributed by atoms with Crippen LogP contribution >= 0.6 is 0 Å². The van der Waals surface area contributed by atoms with Crippen molar-refractivity contribution >= 4 is 0 Å². The molecule has 0 bridgehead atoms. The summed E-state index contributed by atoms with van der Waals surface area (Å²) in [5.41, 5.74) is 7.39. The van der Waals surface area contributed by atoms with Gasteiger partial charge in [-0.05, 0) is 59.1 Å². The second-order valence-electron chi connectivity index (χ2n) is 5.80. The van der Waals surface area contributed by atoms with Crippen LogP contribution in [0.5, 0.6) is 0 Å². The maximum Gasteiger partial charge on any atom is 0.105 e. The number of piperidine rings is 1. The molecule has 2 N–H and O–H groups in total. The minimum atomic E-state index is 0.298. The molecule has 1 aliphatic rings. The Balaban J connectivity index is 2.09. The number of hydrogen-bond acceptors (Lipinski definition) is 3. The highest BCUT2D eigenvalue weighted by atomic mass is 16.3. The molecule has 1 aliphatic heterocycles. The van der Waals surface area contributed by atoms with E-state index in [1.807, 2.05) is 6.92 Å². The van der Waals surface area contributed by atoms with Gasteiger partial charge in [0.15, 0.2) is 0 Å². The van der Waals surface area contributed by atoms with Gasteiger partial charge in [0.25, 0.3) is 0 Å². The van der Waals surface area contributed by atoms with Crippen LogP contribution in [0.2, 0.25) is 0 Å². The first-order valence-corrected chi connectivity index (χ1v) is 7.05. The molecule has 1 aromatic rings. The van der Waals surface area contributed by atoms with Crippen molar-refractivity contribution in [3.05, 3.63) is 23.2 Å². The Bertz CT molecular complexity index is 397. The van der Waals surface area contributed by atoms with Crippen LogP contribution in [0.15, 0.2) is 10.5 Å². The summed E-state index contributed by atoms with van der Waals surface area (Å²) in [7, 11) is 0. The quantitative estimate of drug-likeness (QED) is 0.896. The van der Waals surface area contributed by atoms with Gasteiger partial charge in [-0.15, -0.1) is 0 Å². The predicted molar refractivity (Wildman–Crippen MR) is 74.5 cm³/mol. The summed E-state index contributed by atoms with van der Waals surface area (Å²) in [6.07, 6.45) is 2.52. The zero-order valence-corrected chi connectivity index (χ0v) is 12.1. The predicted octanol–water partition coefficient (Wildman–Crippen LogP) is 3.02. The van der Waals surface area contributed by atoms with Crippen molar-refractivity contribution in [2.24, 2.45) is 11.7 Å². The summed E-state index contributed by atoms with van der Waals surface area (Å²) in [4.78, 5) is 2.55. The summed E-state index contributed by atoms with van der Waals surface area (Å²) in [5, 5.41) is 0. The van der Waals surface area contributed by atoms with E-state index in [1.165, 1.54) is 24.9 Å². The number of nitrogens with two attached hydrogens (primary N) is 1. The molecule has 0 spiro atoms. The van der Waals surface area contributed by atoms with Crippen molar-refractivity contribution in [2.45, 2.75) is 52.6 Å². The molecule has 1 aromatic heterocycles. The smallest absolute Gasteiger partial charge is 0.105 e. The Hall–Kier alpha value is -0.800.